The van der Waals surface area contributed by atoms with E-state index in [0.717, 1.165) is 22.3 Å². The van der Waals surface area contributed by atoms with Gasteiger partial charge in [0.15, 0.2) is 11.5 Å². The van der Waals surface area contributed by atoms with Crippen molar-refractivity contribution < 1.29 is 14.9 Å². The van der Waals surface area contributed by atoms with Crippen molar-refractivity contribution in [3.05, 3.63) is 71.3 Å². The third-order valence-electron chi connectivity index (χ3n) is 3.89. The van der Waals surface area contributed by atoms with Gasteiger partial charge >= 0.3 is 0 Å². The van der Waals surface area contributed by atoms with Crippen LogP contribution in [0.15, 0.2) is 49.1 Å². The molecular weight excluding hydrogens is 302 g/mol. The fourth-order valence-electron chi connectivity index (χ4n) is 2.65. The van der Waals surface area contributed by atoms with E-state index in [1.165, 1.54) is 7.11 Å². The molecule has 2 aromatic carbocycles. The second kappa shape index (κ2) is 8.52. The third kappa shape index (κ3) is 4.60. The van der Waals surface area contributed by atoms with Crippen LogP contribution < -0.4 is 10.1 Å². The summed E-state index contributed by atoms with van der Waals surface area (Å²) in [5.41, 5.74) is 3.79. The van der Waals surface area contributed by atoms with Gasteiger partial charge in [0.05, 0.1) is 13.2 Å². The van der Waals surface area contributed by atoms with E-state index < -0.39 is 6.10 Å². The normalized spacial score (nSPS) is 12.0. The lowest BCUT2D eigenvalue weighted by Crippen LogP contribution is -2.21. The number of aryl methyl sites for hydroxylation is 1. The Labute approximate surface area is 143 Å². The van der Waals surface area contributed by atoms with Gasteiger partial charge in [0.2, 0.25) is 0 Å². The number of rotatable bonds is 8. The van der Waals surface area contributed by atoms with Crippen LogP contribution in [-0.4, -0.2) is 23.9 Å². The molecular formula is C20H25NO3. The average Bonchev–Trinajstić information content (AvgIpc) is 2.57. The van der Waals surface area contributed by atoms with E-state index in [0.29, 0.717) is 25.3 Å². The topological polar surface area (TPSA) is 61.7 Å². The first-order valence-corrected chi connectivity index (χ1v) is 8.00. The fraction of sp³-hybridized carbons (Fsp3) is 0.300. The summed E-state index contributed by atoms with van der Waals surface area (Å²) in [5, 5.41) is 23.6. The first-order valence-electron chi connectivity index (χ1n) is 8.00. The maximum absolute atomic E-state index is 10.3. The lowest BCUT2D eigenvalue weighted by Gasteiger charge is -2.15. The Bertz CT molecular complexity index is 697. The Hall–Kier alpha value is -2.30. The van der Waals surface area contributed by atoms with Crippen molar-refractivity contribution in [2.45, 2.75) is 26.0 Å². The van der Waals surface area contributed by atoms with E-state index in [1.807, 2.05) is 37.3 Å². The molecule has 3 N–H and O–H groups in total. The number of phenolic OH excluding ortho intramolecular Hbond substituents is 1. The predicted molar refractivity (Wildman–Crippen MR) is 96.4 cm³/mol. The molecule has 24 heavy (non-hydrogen) atoms. The SMILES string of the molecule is C=CCc1cc(CNCC(O)c2cccc(C)c2)cc(OC)c1O. The van der Waals surface area contributed by atoms with Crippen molar-refractivity contribution in [2.24, 2.45) is 0 Å². The van der Waals surface area contributed by atoms with Crippen molar-refractivity contribution in [2.75, 3.05) is 13.7 Å². The van der Waals surface area contributed by atoms with Crippen molar-refractivity contribution in [1.29, 1.82) is 0 Å². The van der Waals surface area contributed by atoms with Crippen LogP contribution in [0, 0.1) is 6.92 Å². The molecule has 0 aromatic heterocycles. The summed E-state index contributed by atoms with van der Waals surface area (Å²) < 4.78 is 5.22. The van der Waals surface area contributed by atoms with Crippen LogP contribution in [0.25, 0.3) is 0 Å². The quantitative estimate of drug-likeness (QED) is 0.651. The third-order valence-corrected chi connectivity index (χ3v) is 3.89. The number of methoxy groups -OCH3 is 1. The molecule has 128 valence electrons. The Balaban J connectivity index is 2.01. The average molecular weight is 327 g/mol. The largest absolute Gasteiger partial charge is 0.504 e. The number of aliphatic hydroxyl groups is 1. The van der Waals surface area contributed by atoms with Gasteiger partial charge in [-0.25, -0.2) is 0 Å². The van der Waals surface area contributed by atoms with Crippen molar-refractivity contribution in [1.82, 2.24) is 5.32 Å². The summed E-state index contributed by atoms with van der Waals surface area (Å²) in [7, 11) is 1.53. The van der Waals surface area contributed by atoms with Crippen LogP contribution in [0.2, 0.25) is 0 Å². The van der Waals surface area contributed by atoms with E-state index >= 15 is 0 Å². The molecule has 0 fully saturated rings. The number of benzene rings is 2. The highest BCUT2D eigenvalue weighted by Crippen LogP contribution is 2.32. The van der Waals surface area contributed by atoms with Gasteiger partial charge in [-0.15, -0.1) is 6.58 Å². The summed E-state index contributed by atoms with van der Waals surface area (Å²) in [6.07, 6.45) is 1.76. The molecule has 4 heteroatoms. The zero-order valence-corrected chi connectivity index (χ0v) is 14.2. The molecule has 0 spiro atoms. The Morgan fingerprint density at radius 3 is 2.75 bits per heavy atom. The van der Waals surface area contributed by atoms with Crippen LogP contribution in [0.4, 0.5) is 0 Å². The maximum atomic E-state index is 10.3. The number of aliphatic hydroxyl groups excluding tert-OH is 1. The van der Waals surface area contributed by atoms with Gasteiger partial charge < -0.3 is 20.3 Å². The number of phenols is 1. The highest BCUT2D eigenvalue weighted by molar-refractivity contribution is 5.49. The monoisotopic (exact) mass is 327 g/mol. The van der Waals surface area contributed by atoms with E-state index in [9.17, 15) is 10.2 Å². The van der Waals surface area contributed by atoms with Gasteiger partial charge in [0, 0.05) is 18.7 Å². The Kier molecular flexibility index (Phi) is 6.41. The van der Waals surface area contributed by atoms with Crippen LogP contribution in [0.3, 0.4) is 0 Å². The minimum Gasteiger partial charge on any atom is -0.504 e. The van der Waals surface area contributed by atoms with Crippen molar-refractivity contribution in [3.63, 3.8) is 0 Å². The van der Waals surface area contributed by atoms with Gasteiger partial charge in [-0.05, 0) is 30.5 Å². The molecule has 0 aliphatic rings. The fourth-order valence-corrected chi connectivity index (χ4v) is 2.65. The summed E-state index contributed by atoms with van der Waals surface area (Å²) in [5.74, 6) is 0.603. The number of ether oxygens (including phenoxy) is 1. The zero-order valence-electron chi connectivity index (χ0n) is 14.2. The molecule has 1 atom stereocenters. The van der Waals surface area contributed by atoms with Gasteiger partial charge in [-0.3, -0.25) is 0 Å². The van der Waals surface area contributed by atoms with Gasteiger partial charge in [-0.1, -0.05) is 42.0 Å². The van der Waals surface area contributed by atoms with Crippen LogP contribution >= 0.6 is 0 Å². The number of allylic oxidation sites excluding steroid dienone is 1. The molecule has 0 amide bonds. The number of hydrogen-bond acceptors (Lipinski definition) is 4. The molecule has 0 aliphatic heterocycles. The maximum Gasteiger partial charge on any atom is 0.161 e. The number of aromatic hydroxyl groups is 1. The molecule has 2 rings (SSSR count). The second-order valence-corrected chi connectivity index (χ2v) is 5.86. The molecule has 1 unspecified atom stereocenters. The van der Waals surface area contributed by atoms with Crippen LogP contribution in [0.1, 0.15) is 28.4 Å². The molecule has 2 aromatic rings. The Morgan fingerprint density at radius 1 is 1.29 bits per heavy atom. The number of hydrogen-bond donors (Lipinski definition) is 3. The first-order chi connectivity index (χ1) is 11.5. The van der Waals surface area contributed by atoms with E-state index in [4.69, 9.17) is 4.74 Å². The standard InChI is InChI=1S/C20H25NO3/c1-4-6-17-10-15(11-19(24-3)20(17)23)12-21-13-18(22)16-8-5-7-14(2)9-16/h4-5,7-11,18,21-23H,1,6,12-13H2,2-3H3. The molecule has 0 saturated carbocycles. The molecule has 0 radical (unpaired) electrons. The summed E-state index contributed by atoms with van der Waals surface area (Å²) in [6.45, 7) is 6.74. The minimum atomic E-state index is -0.559. The first kappa shape index (κ1) is 18.0. The van der Waals surface area contributed by atoms with Crippen LogP contribution in [-0.2, 0) is 13.0 Å². The van der Waals surface area contributed by atoms with Gasteiger partial charge in [0.1, 0.15) is 0 Å². The lowest BCUT2D eigenvalue weighted by molar-refractivity contribution is 0.174. The van der Waals surface area contributed by atoms with Gasteiger partial charge in [0.25, 0.3) is 0 Å². The lowest BCUT2D eigenvalue weighted by atomic mass is 10.0. The van der Waals surface area contributed by atoms with E-state index in [-0.39, 0.29) is 5.75 Å². The molecule has 0 saturated heterocycles. The smallest absolute Gasteiger partial charge is 0.161 e. The minimum absolute atomic E-state index is 0.154. The van der Waals surface area contributed by atoms with Gasteiger partial charge in [-0.2, -0.15) is 0 Å². The van der Waals surface area contributed by atoms with Crippen LogP contribution in [0.5, 0.6) is 11.5 Å². The van der Waals surface area contributed by atoms with Crippen molar-refractivity contribution in [3.8, 4) is 11.5 Å². The predicted octanol–water partition coefficient (Wildman–Crippen LogP) is 3.26. The summed E-state index contributed by atoms with van der Waals surface area (Å²) in [4.78, 5) is 0. The highest BCUT2D eigenvalue weighted by Gasteiger charge is 2.11. The molecule has 4 nitrogen and oxygen atoms in total. The zero-order chi connectivity index (χ0) is 17.5. The molecule has 0 aliphatic carbocycles. The van der Waals surface area contributed by atoms with E-state index in [1.54, 1.807) is 12.1 Å². The second-order valence-electron chi connectivity index (χ2n) is 5.86. The van der Waals surface area contributed by atoms with Crippen molar-refractivity contribution >= 4 is 0 Å². The summed E-state index contributed by atoms with van der Waals surface area (Å²) >= 11 is 0. The van der Waals surface area contributed by atoms with E-state index in [2.05, 4.69) is 11.9 Å². The summed E-state index contributed by atoms with van der Waals surface area (Å²) in [6, 6.07) is 11.6. The molecule has 0 heterocycles. The number of nitrogens with one attached hydrogen (secondary N) is 1. The highest BCUT2D eigenvalue weighted by atomic mass is 16.5. The molecule has 0 bridgehead atoms. The Morgan fingerprint density at radius 2 is 2.08 bits per heavy atom.